The van der Waals surface area contributed by atoms with Gasteiger partial charge in [0, 0.05) is 24.2 Å². The summed E-state index contributed by atoms with van der Waals surface area (Å²) in [5.74, 6) is -1.54. The molecule has 21 heavy (non-hydrogen) atoms. The fourth-order valence-electron chi connectivity index (χ4n) is 2.33. The van der Waals surface area contributed by atoms with Crippen LogP contribution in [0.2, 0.25) is 0 Å². The van der Waals surface area contributed by atoms with Crippen molar-refractivity contribution in [1.29, 1.82) is 0 Å². The van der Waals surface area contributed by atoms with Crippen molar-refractivity contribution in [3.63, 3.8) is 0 Å². The highest BCUT2D eigenvalue weighted by Gasteiger charge is 2.19. The number of fused-ring (bicyclic) bond motifs is 1. The smallest absolute Gasteiger partial charge is 0.326 e. The fourth-order valence-corrected chi connectivity index (χ4v) is 2.33. The van der Waals surface area contributed by atoms with Crippen molar-refractivity contribution in [3.8, 4) is 0 Å². The van der Waals surface area contributed by atoms with Crippen LogP contribution in [0, 0.1) is 6.92 Å². The van der Waals surface area contributed by atoms with E-state index < -0.39 is 12.0 Å². The number of nitrogens with one attached hydrogen (secondary N) is 1. The maximum atomic E-state index is 12.0. The van der Waals surface area contributed by atoms with Gasteiger partial charge in [0.1, 0.15) is 12.6 Å². The average molecular weight is 290 g/mol. The summed E-state index contributed by atoms with van der Waals surface area (Å²) in [5.41, 5.74) is 1.86. The van der Waals surface area contributed by atoms with E-state index in [1.165, 1.54) is 0 Å². The van der Waals surface area contributed by atoms with E-state index in [0.29, 0.717) is 0 Å². The Bertz CT molecular complexity index is 663. The third-order valence-corrected chi connectivity index (χ3v) is 3.37. The number of carbonyl (C=O) groups is 2. The number of hydrogen-bond acceptors (Lipinski definition) is 3. The van der Waals surface area contributed by atoms with Crippen LogP contribution < -0.4 is 5.32 Å². The molecule has 3 N–H and O–H groups in total. The normalized spacial score (nSPS) is 12.3. The Morgan fingerprint density at radius 3 is 2.71 bits per heavy atom. The first-order valence-corrected chi connectivity index (χ1v) is 6.71. The van der Waals surface area contributed by atoms with Crippen molar-refractivity contribution in [2.75, 3.05) is 6.61 Å². The van der Waals surface area contributed by atoms with Gasteiger partial charge in [-0.3, -0.25) is 4.79 Å². The number of aliphatic hydroxyl groups is 1. The number of hydrogen-bond donors (Lipinski definition) is 3. The molecule has 6 nitrogen and oxygen atoms in total. The summed E-state index contributed by atoms with van der Waals surface area (Å²) in [4.78, 5) is 23.0. The maximum Gasteiger partial charge on any atom is 0.326 e. The molecule has 2 aromatic rings. The van der Waals surface area contributed by atoms with Gasteiger partial charge in [-0.15, -0.1) is 0 Å². The SMILES string of the molecule is Cc1cc2ccccc2n1CC(=O)N[C@H](CCO)C(=O)O. The van der Waals surface area contributed by atoms with Gasteiger partial charge in [-0.05, 0) is 24.4 Å². The van der Waals surface area contributed by atoms with Crippen molar-refractivity contribution in [2.24, 2.45) is 0 Å². The molecule has 1 heterocycles. The number of benzene rings is 1. The molecule has 0 bridgehead atoms. The minimum absolute atomic E-state index is 0.00746. The van der Waals surface area contributed by atoms with Gasteiger partial charge in [0.15, 0.2) is 0 Å². The number of nitrogens with zero attached hydrogens (tertiary/aromatic N) is 1. The molecule has 112 valence electrons. The molecule has 0 fully saturated rings. The van der Waals surface area contributed by atoms with Crippen molar-refractivity contribution < 1.29 is 19.8 Å². The van der Waals surface area contributed by atoms with Crippen LogP contribution in [0.15, 0.2) is 30.3 Å². The molecule has 0 aliphatic carbocycles. The highest BCUT2D eigenvalue weighted by molar-refractivity contribution is 5.86. The second kappa shape index (κ2) is 6.41. The minimum Gasteiger partial charge on any atom is -0.480 e. The Hall–Kier alpha value is -2.34. The Labute approximate surface area is 122 Å². The van der Waals surface area contributed by atoms with Crippen molar-refractivity contribution in [3.05, 3.63) is 36.0 Å². The summed E-state index contributed by atoms with van der Waals surface area (Å²) < 4.78 is 1.84. The lowest BCUT2D eigenvalue weighted by Gasteiger charge is -2.14. The van der Waals surface area contributed by atoms with Crippen LogP contribution in [-0.2, 0) is 16.1 Å². The second-order valence-electron chi connectivity index (χ2n) is 4.90. The Balaban J connectivity index is 2.14. The van der Waals surface area contributed by atoms with E-state index in [2.05, 4.69) is 5.32 Å². The molecule has 0 spiro atoms. The number of aliphatic hydroxyl groups excluding tert-OH is 1. The Kier molecular flexibility index (Phi) is 4.59. The predicted octanol–water partition coefficient (Wildman–Crippen LogP) is 0.902. The van der Waals surface area contributed by atoms with Gasteiger partial charge in [0.05, 0.1) is 0 Å². The molecule has 1 amide bonds. The molecule has 0 saturated heterocycles. The van der Waals surface area contributed by atoms with E-state index in [4.69, 9.17) is 10.2 Å². The summed E-state index contributed by atoms with van der Waals surface area (Å²) in [7, 11) is 0. The third-order valence-electron chi connectivity index (χ3n) is 3.37. The number of rotatable bonds is 6. The van der Waals surface area contributed by atoms with Gasteiger partial charge in [0.25, 0.3) is 0 Å². The van der Waals surface area contributed by atoms with Gasteiger partial charge in [-0.25, -0.2) is 4.79 Å². The van der Waals surface area contributed by atoms with Crippen LogP contribution >= 0.6 is 0 Å². The molecular weight excluding hydrogens is 272 g/mol. The lowest BCUT2D eigenvalue weighted by molar-refractivity contribution is -0.142. The number of aromatic nitrogens is 1. The number of aliphatic carboxylic acids is 1. The van der Waals surface area contributed by atoms with Gasteiger partial charge in [0.2, 0.25) is 5.91 Å². The summed E-state index contributed by atoms with van der Waals surface area (Å²) in [6.45, 7) is 1.66. The van der Waals surface area contributed by atoms with Crippen LogP contribution in [-0.4, -0.2) is 39.3 Å². The van der Waals surface area contributed by atoms with Crippen molar-refractivity contribution in [2.45, 2.75) is 25.9 Å². The van der Waals surface area contributed by atoms with E-state index >= 15 is 0 Å². The summed E-state index contributed by atoms with van der Waals surface area (Å²) in [6, 6.07) is 8.60. The largest absolute Gasteiger partial charge is 0.480 e. The molecule has 0 unspecified atom stereocenters. The van der Waals surface area contributed by atoms with Crippen LogP contribution in [0.4, 0.5) is 0 Å². The van der Waals surface area contributed by atoms with Crippen LogP contribution in [0.25, 0.3) is 10.9 Å². The molecule has 0 aliphatic heterocycles. The monoisotopic (exact) mass is 290 g/mol. The third kappa shape index (κ3) is 3.41. The number of carbonyl (C=O) groups excluding carboxylic acids is 1. The number of carboxylic acids is 1. The first kappa shape index (κ1) is 15.1. The van der Waals surface area contributed by atoms with Crippen LogP contribution in [0.5, 0.6) is 0 Å². The first-order chi connectivity index (χ1) is 10.0. The zero-order valence-electron chi connectivity index (χ0n) is 11.7. The lowest BCUT2D eigenvalue weighted by Crippen LogP contribution is -2.42. The van der Waals surface area contributed by atoms with Gasteiger partial charge in [-0.2, -0.15) is 0 Å². The molecule has 1 aromatic heterocycles. The molecule has 0 aliphatic rings. The molecule has 2 rings (SSSR count). The average Bonchev–Trinajstić information content (AvgIpc) is 2.75. The van der Waals surface area contributed by atoms with Gasteiger partial charge < -0.3 is 20.1 Å². The van der Waals surface area contributed by atoms with Gasteiger partial charge >= 0.3 is 5.97 Å². The van der Waals surface area contributed by atoms with Crippen molar-refractivity contribution in [1.82, 2.24) is 9.88 Å². The van der Waals surface area contributed by atoms with E-state index in [0.717, 1.165) is 16.6 Å². The topological polar surface area (TPSA) is 91.6 Å². The zero-order valence-corrected chi connectivity index (χ0v) is 11.7. The quantitative estimate of drug-likeness (QED) is 0.737. The Morgan fingerprint density at radius 1 is 1.33 bits per heavy atom. The molecular formula is C15H18N2O4. The Morgan fingerprint density at radius 2 is 2.05 bits per heavy atom. The summed E-state index contributed by atoms with van der Waals surface area (Å²) in [6.07, 6.45) is -0.00746. The van der Waals surface area contributed by atoms with E-state index in [9.17, 15) is 9.59 Å². The summed E-state index contributed by atoms with van der Waals surface area (Å²) in [5, 5.41) is 21.3. The number of amides is 1. The van der Waals surface area contributed by atoms with E-state index in [1.807, 2.05) is 41.8 Å². The standard InChI is InChI=1S/C15H18N2O4/c1-10-8-11-4-2-3-5-13(11)17(10)9-14(19)16-12(6-7-18)15(20)21/h2-5,8,12,18H,6-7,9H2,1H3,(H,16,19)(H,20,21)/t12-/m1/s1. The number of para-hydroxylation sites is 1. The van der Waals surface area contributed by atoms with Crippen LogP contribution in [0.1, 0.15) is 12.1 Å². The molecule has 6 heteroatoms. The molecule has 0 radical (unpaired) electrons. The highest BCUT2D eigenvalue weighted by atomic mass is 16.4. The first-order valence-electron chi connectivity index (χ1n) is 6.71. The van der Waals surface area contributed by atoms with Crippen molar-refractivity contribution >= 4 is 22.8 Å². The van der Waals surface area contributed by atoms with E-state index in [-0.39, 0.29) is 25.5 Å². The summed E-state index contributed by atoms with van der Waals surface area (Å²) >= 11 is 0. The number of aryl methyl sites for hydroxylation is 1. The van der Waals surface area contributed by atoms with Crippen LogP contribution in [0.3, 0.4) is 0 Å². The zero-order chi connectivity index (χ0) is 15.4. The fraction of sp³-hybridized carbons (Fsp3) is 0.333. The molecule has 0 saturated carbocycles. The van der Waals surface area contributed by atoms with E-state index in [1.54, 1.807) is 0 Å². The molecule has 1 aromatic carbocycles. The lowest BCUT2D eigenvalue weighted by atomic mass is 10.2. The highest BCUT2D eigenvalue weighted by Crippen LogP contribution is 2.18. The van der Waals surface area contributed by atoms with Gasteiger partial charge in [-0.1, -0.05) is 18.2 Å². The predicted molar refractivity (Wildman–Crippen MR) is 77.9 cm³/mol. The maximum absolute atomic E-state index is 12.0. The molecule has 1 atom stereocenters. The second-order valence-corrected chi connectivity index (χ2v) is 4.90. The number of carboxylic acid groups (broad SMARTS) is 1. The minimum atomic E-state index is -1.15.